The van der Waals surface area contributed by atoms with E-state index in [1.807, 2.05) is 12.1 Å². The lowest BCUT2D eigenvalue weighted by molar-refractivity contribution is 0.669. The smallest absolute Gasteiger partial charge is 0.164 e. The van der Waals surface area contributed by atoms with Crippen LogP contribution in [-0.4, -0.2) is 15.0 Å². The first kappa shape index (κ1) is 31.1. The summed E-state index contributed by atoms with van der Waals surface area (Å²) in [5.41, 5.74) is 9.05. The van der Waals surface area contributed by atoms with Crippen LogP contribution >= 0.6 is 0 Å². The highest BCUT2D eigenvalue weighted by atomic mass is 16.3. The Bertz CT molecular complexity index is 3180. The van der Waals surface area contributed by atoms with Crippen LogP contribution in [-0.2, 0) is 0 Å². The standard InChI is InChI=1S/C51H31N3O/c1-2-14-34(15-3-1)45-30-39(31-47-48(45)44-20-10-11-21-46(44)55-47)40-26-27-43(42-19-9-8-18-41(40)42)51-53-49(37-24-22-32-12-4-6-16-35(32)28-37)52-50(54-51)38-25-23-33-13-5-7-17-36(33)29-38/h1-31H. The predicted molar refractivity (Wildman–Crippen MR) is 227 cm³/mol. The lowest BCUT2D eigenvalue weighted by atomic mass is 9.91. The van der Waals surface area contributed by atoms with E-state index in [9.17, 15) is 0 Å². The third kappa shape index (κ3) is 5.34. The average Bonchev–Trinajstić information content (AvgIpc) is 3.64. The van der Waals surface area contributed by atoms with Crippen LogP contribution in [0.15, 0.2) is 192 Å². The molecule has 0 aliphatic heterocycles. The highest BCUT2D eigenvalue weighted by Gasteiger charge is 2.19. The van der Waals surface area contributed by atoms with Crippen molar-refractivity contribution in [1.82, 2.24) is 15.0 Å². The number of benzene rings is 9. The zero-order valence-corrected chi connectivity index (χ0v) is 29.6. The summed E-state index contributed by atoms with van der Waals surface area (Å²) in [6.45, 7) is 0. The van der Waals surface area contributed by atoms with Crippen LogP contribution in [0, 0.1) is 0 Å². The zero-order valence-electron chi connectivity index (χ0n) is 29.6. The molecule has 0 fully saturated rings. The highest BCUT2D eigenvalue weighted by Crippen LogP contribution is 2.42. The fraction of sp³-hybridized carbons (Fsp3) is 0. The average molecular weight is 702 g/mol. The van der Waals surface area contributed by atoms with Gasteiger partial charge >= 0.3 is 0 Å². The largest absolute Gasteiger partial charge is 0.456 e. The third-order valence-corrected chi connectivity index (χ3v) is 10.7. The van der Waals surface area contributed by atoms with Crippen LogP contribution in [0.4, 0.5) is 0 Å². The van der Waals surface area contributed by atoms with Gasteiger partial charge in [0.25, 0.3) is 0 Å². The summed E-state index contributed by atoms with van der Waals surface area (Å²) in [6, 6.07) is 65.8. The van der Waals surface area contributed by atoms with Crippen LogP contribution in [0.2, 0.25) is 0 Å². The molecule has 9 aromatic carbocycles. The molecule has 55 heavy (non-hydrogen) atoms. The normalized spacial score (nSPS) is 11.6. The van der Waals surface area contributed by atoms with E-state index in [2.05, 4.69) is 176 Å². The van der Waals surface area contributed by atoms with Crippen molar-refractivity contribution in [3.8, 4) is 56.4 Å². The van der Waals surface area contributed by atoms with Crippen molar-refractivity contribution < 1.29 is 4.42 Å². The van der Waals surface area contributed by atoms with Crippen LogP contribution in [0.3, 0.4) is 0 Å². The first-order chi connectivity index (χ1) is 27.2. The van der Waals surface area contributed by atoms with Crippen molar-refractivity contribution in [2.45, 2.75) is 0 Å². The molecular weight excluding hydrogens is 671 g/mol. The second-order valence-corrected chi connectivity index (χ2v) is 14.0. The molecule has 4 nitrogen and oxygen atoms in total. The van der Waals surface area contributed by atoms with Crippen LogP contribution in [0.25, 0.3) is 111 Å². The molecule has 2 heterocycles. The first-order valence-electron chi connectivity index (χ1n) is 18.5. The Labute approximate surface area is 317 Å². The minimum absolute atomic E-state index is 0.627. The quantitative estimate of drug-likeness (QED) is 0.179. The third-order valence-electron chi connectivity index (χ3n) is 10.7. The molecule has 0 amide bonds. The molecular formula is C51H31N3O. The monoisotopic (exact) mass is 701 g/mol. The summed E-state index contributed by atoms with van der Waals surface area (Å²) in [5.74, 6) is 1.89. The minimum atomic E-state index is 0.627. The summed E-state index contributed by atoms with van der Waals surface area (Å²) in [5, 5.41) is 9.03. The molecule has 0 radical (unpaired) electrons. The molecule has 0 saturated carbocycles. The van der Waals surface area contributed by atoms with Crippen LogP contribution in [0.5, 0.6) is 0 Å². The van der Waals surface area contributed by atoms with Crippen molar-refractivity contribution in [3.05, 3.63) is 188 Å². The molecule has 11 aromatic rings. The Morgan fingerprint density at radius 1 is 0.291 bits per heavy atom. The Morgan fingerprint density at radius 3 is 1.49 bits per heavy atom. The van der Waals surface area contributed by atoms with Crippen molar-refractivity contribution in [2.24, 2.45) is 0 Å². The van der Waals surface area contributed by atoms with E-state index in [0.717, 1.165) is 82.4 Å². The molecule has 0 saturated heterocycles. The summed E-state index contributed by atoms with van der Waals surface area (Å²) >= 11 is 0. The van der Waals surface area contributed by atoms with Crippen LogP contribution < -0.4 is 0 Å². The van der Waals surface area contributed by atoms with Gasteiger partial charge in [0.2, 0.25) is 0 Å². The zero-order chi connectivity index (χ0) is 36.3. The number of hydrogen-bond donors (Lipinski definition) is 0. The fourth-order valence-corrected chi connectivity index (χ4v) is 8.01. The van der Waals surface area contributed by atoms with Gasteiger partial charge in [-0.15, -0.1) is 0 Å². The lowest BCUT2D eigenvalue weighted by Gasteiger charge is -2.14. The van der Waals surface area contributed by atoms with Gasteiger partial charge in [0.15, 0.2) is 17.5 Å². The lowest BCUT2D eigenvalue weighted by Crippen LogP contribution is -2.01. The molecule has 0 aliphatic carbocycles. The number of furan rings is 1. The summed E-state index contributed by atoms with van der Waals surface area (Å²) in [4.78, 5) is 15.5. The van der Waals surface area contributed by atoms with Gasteiger partial charge in [-0.1, -0.05) is 152 Å². The van der Waals surface area contributed by atoms with Gasteiger partial charge in [-0.2, -0.15) is 0 Å². The maximum atomic E-state index is 6.52. The van der Waals surface area contributed by atoms with Gasteiger partial charge in [0.05, 0.1) is 0 Å². The number of nitrogens with zero attached hydrogens (tertiary/aromatic N) is 3. The highest BCUT2D eigenvalue weighted by molar-refractivity contribution is 6.15. The summed E-state index contributed by atoms with van der Waals surface area (Å²) in [7, 11) is 0. The Balaban J connectivity index is 1.12. The topological polar surface area (TPSA) is 51.8 Å². The molecule has 2 aromatic heterocycles. The van der Waals surface area contributed by atoms with E-state index in [1.54, 1.807) is 0 Å². The molecule has 0 atom stereocenters. The van der Waals surface area contributed by atoms with Gasteiger partial charge in [-0.3, -0.25) is 0 Å². The second kappa shape index (κ2) is 12.6. The molecule has 256 valence electrons. The van der Waals surface area contributed by atoms with Crippen molar-refractivity contribution >= 4 is 54.3 Å². The van der Waals surface area contributed by atoms with Gasteiger partial charge in [-0.25, -0.2) is 15.0 Å². The predicted octanol–water partition coefficient (Wildman–Crippen LogP) is 13.6. The first-order valence-corrected chi connectivity index (χ1v) is 18.5. The Morgan fingerprint density at radius 2 is 0.818 bits per heavy atom. The van der Waals surface area contributed by atoms with Gasteiger partial charge < -0.3 is 4.42 Å². The van der Waals surface area contributed by atoms with E-state index in [1.165, 1.54) is 10.8 Å². The SMILES string of the molecule is c1ccc(-c2cc(-c3ccc(-c4nc(-c5ccc6ccccc6c5)nc(-c5ccc6ccccc6c5)n4)c4ccccc34)cc3oc4ccccc4c23)cc1. The van der Waals surface area contributed by atoms with E-state index in [4.69, 9.17) is 19.4 Å². The fourth-order valence-electron chi connectivity index (χ4n) is 8.01. The second-order valence-electron chi connectivity index (χ2n) is 14.0. The number of para-hydroxylation sites is 1. The maximum Gasteiger partial charge on any atom is 0.164 e. The number of aromatic nitrogens is 3. The molecule has 0 unspecified atom stereocenters. The Hall–Kier alpha value is -7.43. The molecule has 4 heteroatoms. The minimum Gasteiger partial charge on any atom is -0.456 e. The van der Waals surface area contributed by atoms with Gasteiger partial charge in [-0.05, 0) is 91.0 Å². The Kier molecular flexibility index (Phi) is 7.14. The molecule has 0 N–H and O–H groups in total. The van der Waals surface area contributed by atoms with Crippen molar-refractivity contribution in [1.29, 1.82) is 0 Å². The molecule has 0 aliphatic rings. The number of hydrogen-bond acceptors (Lipinski definition) is 4. The van der Waals surface area contributed by atoms with Crippen molar-refractivity contribution in [3.63, 3.8) is 0 Å². The van der Waals surface area contributed by atoms with E-state index in [0.29, 0.717) is 17.5 Å². The van der Waals surface area contributed by atoms with Crippen molar-refractivity contribution in [2.75, 3.05) is 0 Å². The molecule has 0 bridgehead atoms. The van der Waals surface area contributed by atoms with Gasteiger partial charge in [0, 0.05) is 27.5 Å². The van der Waals surface area contributed by atoms with E-state index in [-0.39, 0.29) is 0 Å². The number of rotatable bonds is 5. The van der Waals surface area contributed by atoms with E-state index >= 15 is 0 Å². The molecule has 11 rings (SSSR count). The summed E-state index contributed by atoms with van der Waals surface area (Å²) < 4.78 is 6.52. The molecule has 0 spiro atoms. The summed E-state index contributed by atoms with van der Waals surface area (Å²) in [6.07, 6.45) is 0. The van der Waals surface area contributed by atoms with Crippen LogP contribution in [0.1, 0.15) is 0 Å². The maximum absolute atomic E-state index is 6.52. The van der Waals surface area contributed by atoms with Gasteiger partial charge in [0.1, 0.15) is 11.2 Å². The van der Waals surface area contributed by atoms with E-state index < -0.39 is 0 Å². The number of fused-ring (bicyclic) bond motifs is 6.